The van der Waals surface area contributed by atoms with Crippen molar-refractivity contribution in [2.75, 3.05) is 44.2 Å². The maximum absolute atomic E-state index is 13.8. The van der Waals surface area contributed by atoms with Gasteiger partial charge in [0.1, 0.15) is 5.82 Å². The molecule has 0 spiro atoms. The minimum Gasteiger partial charge on any atom is -0.367 e. The summed E-state index contributed by atoms with van der Waals surface area (Å²) in [5, 5.41) is 5.27. The van der Waals surface area contributed by atoms with E-state index in [0.717, 1.165) is 26.2 Å². The largest absolute Gasteiger partial charge is 0.367 e. The number of amides is 2. The average Bonchev–Trinajstić information content (AvgIpc) is 2.54. The third-order valence-corrected chi connectivity index (χ3v) is 3.97. The molecule has 0 aliphatic carbocycles. The Balaban J connectivity index is 1.70. The van der Waals surface area contributed by atoms with Gasteiger partial charge in [-0.1, -0.05) is 12.1 Å². The van der Waals surface area contributed by atoms with E-state index in [-0.39, 0.29) is 5.82 Å². The molecule has 1 aromatic rings. The number of para-hydroxylation sites is 1. The van der Waals surface area contributed by atoms with Crippen molar-refractivity contribution in [3.8, 4) is 0 Å². The summed E-state index contributed by atoms with van der Waals surface area (Å²) in [5.41, 5.74) is 0.201. The van der Waals surface area contributed by atoms with Crippen LogP contribution in [0.3, 0.4) is 0 Å². The zero-order chi connectivity index (χ0) is 18.4. The van der Waals surface area contributed by atoms with Gasteiger partial charge in [-0.2, -0.15) is 0 Å². The monoisotopic (exact) mass is 350 g/mol. The molecule has 1 aliphatic heterocycles. The van der Waals surface area contributed by atoms with E-state index in [0.29, 0.717) is 18.8 Å². The lowest BCUT2D eigenvalue weighted by molar-refractivity contribution is -0.140. The molecule has 2 rings (SSSR count). The molecule has 0 aromatic heterocycles. The van der Waals surface area contributed by atoms with E-state index in [4.69, 9.17) is 0 Å². The summed E-state index contributed by atoms with van der Waals surface area (Å²) in [7, 11) is 0. The summed E-state index contributed by atoms with van der Waals surface area (Å²) < 4.78 is 13.8. The van der Waals surface area contributed by atoms with Crippen LogP contribution in [0.4, 0.5) is 10.1 Å². The Kier molecular flexibility index (Phi) is 6.36. The summed E-state index contributed by atoms with van der Waals surface area (Å²) in [6.07, 6.45) is 0. The van der Waals surface area contributed by atoms with Gasteiger partial charge in [0.05, 0.1) is 5.69 Å². The first-order valence-corrected chi connectivity index (χ1v) is 8.58. The number of anilines is 1. The zero-order valence-corrected chi connectivity index (χ0v) is 15.1. The minimum absolute atomic E-state index is 0.201. The van der Waals surface area contributed by atoms with Gasteiger partial charge in [-0.3, -0.25) is 14.5 Å². The number of halogens is 1. The molecule has 2 N–H and O–H groups in total. The molecule has 1 aliphatic rings. The lowest BCUT2D eigenvalue weighted by Crippen LogP contribution is -2.51. The second-order valence-electron chi connectivity index (χ2n) is 7.24. The molecule has 1 heterocycles. The van der Waals surface area contributed by atoms with Crippen LogP contribution in [0.5, 0.6) is 0 Å². The third kappa shape index (κ3) is 6.01. The SMILES string of the molecule is CC(C)(C)NC(=O)C(=O)NCCN1CCN(c2ccccc2F)CC1. The fourth-order valence-corrected chi connectivity index (χ4v) is 2.73. The van der Waals surface area contributed by atoms with Crippen LogP contribution >= 0.6 is 0 Å². The number of hydrogen-bond donors (Lipinski definition) is 2. The van der Waals surface area contributed by atoms with Gasteiger partial charge in [0.2, 0.25) is 0 Å². The summed E-state index contributed by atoms with van der Waals surface area (Å²) in [4.78, 5) is 27.7. The van der Waals surface area contributed by atoms with Gasteiger partial charge in [-0.05, 0) is 32.9 Å². The Bertz CT molecular complexity index is 607. The second kappa shape index (κ2) is 8.29. The van der Waals surface area contributed by atoms with Crippen molar-refractivity contribution in [3.63, 3.8) is 0 Å². The molecule has 1 aromatic carbocycles. The molecule has 1 fully saturated rings. The number of carbonyl (C=O) groups is 2. The van der Waals surface area contributed by atoms with E-state index in [2.05, 4.69) is 15.5 Å². The van der Waals surface area contributed by atoms with Gasteiger partial charge in [-0.15, -0.1) is 0 Å². The number of piperazine rings is 1. The molecule has 0 radical (unpaired) electrons. The normalized spacial score (nSPS) is 15.8. The van der Waals surface area contributed by atoms with Crippen LogP contribution in [-0.4, -0.2) is 61.5 Å². The zero-order valence-electron chi connectivity index (χ0n) is 15.1. The third-order valence-electron chi connectivity index (χ3n) is 3.97. The number of carbonyl (C=O) groups excluding carboxylic acids is 2. The summed E-state index contributed by atoms with van der Waals surface area (Å²) in [6.45, 7) is 9.61. The molecule has 7 heteroatoms. The molecule has 6 nitrogen and oxygen atoms in total. The quantitative estimate of drug-likeness (QED) is 0.795. The van der Waals surface area contributed by atoms with Crippen LogP contribution in [0.15, 0.2) is 24.3 Å². The summed E-state index contributed by atoms with van der Waals surface area (Å²) in [6, 6.07) is 6.79. The average molecular weight is 350 g/mol. The molecule has 138 valence electrons. The fourth-order valence-electron chi connectivity index (χ4n) is 2.73. The second-order valence-corrected chi connectivity index (χ2v) is 7.24. The van der Waals surface area contributed by atoms with Crippen LogP contribution in [0.2, 0.25) is 0 Å². The highest BCUT2D eigenvalue weighted by Crippen LogP contribution is 2.19. The van der Waals surface area contributed by atoms with Gasteiger partial charge in [-0.25, -0.2) is 4.39 Å². The molecule has 1 saturated heterocycles. The maximum Gasteiger partial charge on any atom is 0.309 e. The topological polar surface area (TPSA) is 64.7 Å². The van der Waals surface area contributed by atoms with Crippen molar-refractivity contribution in [1.82, 2.24) is 15.5 Å². The van der Waals surface area contributed by atoms with Gasteiger partial charge in [0.25, 0.3) is 0 Å². The van der Waals surface area contributed by atoms with Crippen LogP contribution in [0, 0.1) is 5.82 Å². The Labute approximate surface area is 148 Å². The van der Waals surface area contributed by atoms with E-state index in [9.17, 15) is 14.0 Å². The lowest BCUT2D eigenvalue weighted by Gasteiger charge is -2.36. The van der Waals surface area contributed by atoms with Crippen molar-refractivity contribution in [2.45, 2.75) is 26.3 Å². The number of hydrogen-bond acceptors (Lipinski definition) is 4. The van der Waals surface area contributed by atoms with Crippen molar-refractivity contribution in [1.29, 1.82) is 0 Å². The number of nitrogens with zero attached hydrogens (tertiary/aromatic N) is 2. The molecule has 0 atom stereocenters. The standard InChI is InChI=1S/C18H27FN4O2/c1-18(2,3)21-17(25)16(24)20-8-9-22-10-12-23(13-11-22)15-7-5-4-6-14(15)19/h4-7H,8-13H2,1-3H3,(H,20,24)(H,21,25). The Morgan fingerprint density at radius 2 is 1.72 bits per heavy atom. The number of rotatable bonds is 4. The van der Waals surface area contributed by atoms with Crippen LogP contribution in [0.25, 0.3) is 0 Å². The Hall–Kier alpha value is -2.15. The Morgan fingerprint density at radius 3 is 2.32 bits per heavy atom. The molecule has 0 saturated carbocycles. The molecule has 0 bridgehead atoms. The summed E-state index contributed by atoms with van der Waals surface area (Å²) >= 11 is 0. The van der Waals surface area contributed by atoms with Crippen molar-refractivity contribution in [2.24, 2.45) is 0 Å². The van der Waals surface area contributed by atoms with Gasteiger partial charge >= 0.3 is 11.8 Å². The van der Waals surface area contributed by atoms with Crippen LogP contribution < -0.4 is 15.5 Å². The first-order chi connectivity index (χ1) is 11.8. The van der Waals surface area contributed by atoms with Crippen molar-refractivity contribution >= 4 is 17.5 Å². The van der Waals surface area contributed by atoms with E-state index >= 15 is 0 Å². The maximum atomic E-state index is 13.8. The van der Waals surface area contributed by atoms with Crippen LogP contribution in [0.1, 0.15) is 20.8 Å². The molecule has 0 unspecified atom stereocenters. The molecule has 2 amide bonds. The van der Waals surface area contributed by atoms with E-state index in [1.165, 1.54) is 6.07 Å². The van der Waals surface area contributed by atoms with Gasteiger partial charge in [0, 0.05) is 44.8 Å². The van der Waals surface area contributed by atoms with Gasteiger partial charge < -0.3 is 15.5 Å². The highest BCUT2D eigenvalue weighted by atomic mass is 19.1. The smallest absolute Gasteiger partial charge is 0.309 e. The highest BCUT2D eigenvalue weighted by molar-refractivity contribution is 6.35. The molecular weight excluding hydrogens is 323 g/mol. The highest BCUT2D eigenvalue weighted by Gasteiger charge is 2.21. The lowest BCUT2D eigenvalue weighted by atomic mass is 10.1. The molecular formula is C18H27FN4O2. The Morgan fingerprint density at radius 1 is 1.08 bits per heavy atom. The fraction of sp³-hybridized carbons (Fsp3) is 0.556. The van der Waals surface area contributed by atoms with Crippen molar-refractivity contribution in [3.05, 3.63) is 30.1 Å². The van der Waals surface area contributed by atoms with Crippen molar-refractivity contribution < 1.29 is 14.0 Å². The van der Waals surface area contributed by atoms with E-state index in [1.54, 1.807) is 12.1 Å². The first-order valence-electron chi connectivity index (χ1n) is 8.58. The predicted octanol–water partition coefficient (Wildman–Crippen LogP) is 0.979. The number of nitrogens with one attached hydrogen (secondary N) is 2. The summed E-state index contributed by atoms with van der Waals surface area (Å²) in [5.74, 6) is -1.43. The number of benzene rings is 1. The van der Waals surface area contributed by atoms with Crippen LogP contribution in [-0.2, 0) is 9.59 Å². The van der Waals surface area contributed by atoms with Gasteiger partial charge in [0.15, 0.2) is 0 Å². The first kappa shape index (κ1) is 19.2. The minimum atomic E-state index is -0.614. The predicted molar refractivity (Wildman–Crippen MR) is 96.0 cm³/mol. The molecule has 25 heavy (non-hydrogen) atoms. The van der Waals surface area contributed by atoms with E-state index in [1.807, 2.05) is 31.7 Å². The van der Waals surface area contributed by atoms with E-state index < -0.39 is 17.4 Å².